The van der Waals surface area contributed by atoms with Crippen molar-refractivity contribution >= 4 is 23.0 Å². The van der Waals surface area contributed by atoms with E-state index in [0.29, 0.717) is 17.3 Å². The Morgan fingerprint density at radius 3 is 2.61 bits per heavy atom. The van der Waals surface area contributed by atoms with Gasteiger partial charge in [-0.1, -0.05) is 11.6 Å². The Morgan fingerprint density at radius 1 is 1.21 bits per heavy atom. The van der Waals surface area contributed by atoms with Crippen LogP contribution in [0.5, 0.6) is 0 Å². The van der Waals surface area contributed by atoms with Gasteiger partial charge in [0.1, 0.15) is 5.15 Å². The van der Waals surface area contributed by atoms with Crippen molar-refractivity contribution in [1.29, 1.82) is 0 Å². The van der Waals surface area contributed by atoms with Crippen LogP contribution in [0.1, 0.15) is 32.6 Å². The number of hydrogen-bond acceptors (Lipinski definition) is 6. The highest BCUT2D eigenvalue weighted by Crippen LogP contribution is 2.34. The highest BCUT2D eigenvalue weighted by atomic mass is 35.5. The number of aliphatic hydroxyl groups is 1. The molecule has 0 bridgehead atoms. The maximum atomic E-state index is 10.2. The average Bonchev–Trinajstić information content (AvgIpc) is 2.64. The molecular weight excluding hydrogens is 376 g/mol. The summed E-state index contributed by atoms with van der Waals surface area (Å²) in [6.45, 7) is 3.72. The van der Waals surface area contributed by atoms with Crippen LogP contribution in [0.25, 0.3) is 11.3 Å². The molecule has 1 saturated carbocycles. The van der Waals surface area contributed by atoms with Gasteiger partial charge in [-0.3, -0.25) is 4.98 Å². The third-order valence-corrected chi connectivity index (χ3v) is 6.07. The summed E-state index contributed by atoms with van der Waals surface area (Å²) in [7, 11) is 1.75. The van der Waals surface area contributed by atoms with Crippen molar-refractivity contribution in [3.63, 3.8) is 0 Å². The summed E-state index contributed by atoms with van der Waals surface area (Å²) < 4.78 is 5.34. The second-order valence-electron chi connectivity index (χ2n) is 8.13. The van der Waals surface area contributed by atoms with E-state index < -0.39 is 5.60 Å². The maximum Gasteiger partial charge on any atom is 0.131 e. The molecule has 0 amide bonds. The lowest BCUT2D eigenvalue weighted by molar-refractivity contribution is 0.0196. The molecule has 28 heavy (non-hydrogen) atoms. The van der Waals surface area contributed by atoms with Crippen molar-refractivity contribution in [2.45, 2.75) is 50.4 Å². The first-order valence-electron chi connectivity index (χ1n) is 9.82. The number of nitrogens with one attached hydrogen (secondary N) is 1. The highest BCUT2D eigenvalue weighted by Gasteiger charge is 2.29. The van der Waals surface area contributed by atoms with Crippen LogP contribution in [0.3, 0.4) is 0 Å². The third kappa shape index (κ3) is 4.24. The number of aromatic nitrogens is 2. The standard InChI is InChI=1S/C21H27ClN4O2/c1-21(27)7-5-14(6-8-21)25-19-9-20(22)24-11-17(19)18-4-3-15(10-23-18)26-12-16(13-26)28-2/h3-4,9-11,14,16,27H,5-8,12-13H2,1-2H3,(H,24,25). The van der Waals surface area contributed by atoms with E-state index in [2.05, 4.69) is 26.3 Å². The zero-order valence-corrected chi connectivity index (χ0v) is 17.1. The van der Waals surface area contributed by atoms with E-state index in [1.807, 2.05) is 25.3 Å². The lowest BCUT2D eigenvalue weighted by atomic mass is 9.83. The molecular formula is C21H27ClN4O2. The SMILES string of the molecule is COC1CN(c2ccc(-c3cnc(Cl)cc3NC3CCC(C)(O)CC3)nc2)C1. The van der Waals surface area contributed by atoms with Crippen molar-refractivity contribution < 1.29 is 9.84 Å². The smallest absolute Gasteiger partial charge is 0.131 e. The number of ether oxygens (including phenoxy) is 1. The minimum Gasteiger partial charge on any atom is -0.390 e. The van der Waals surface area contributed by atoms with E-state index in [9.17, 15) is 5.11 Å². The Hall–Kier alpha value is -1.89. The minimum absolute atomic E-state index is 0.309. The van der Waals surface area contributed by atoms with Gasteiger partial charge in [-0.15, -0.1) is 0 Å². The summed E-state index contributed by atoms with van der Waals surface area (Å²) in [5.41, 5.74) is 3.29. The van der Waals surface area contributed by atoms with Crippen molar-refractivity contribution in [3.8, 4) is 11.3 Å². The van der Waals surface area contributed by atoms with Crippen LogP contribution >= 0.6 is 11.6 Å². The summed E-state index contributed by atoms with van der Waals surface area (Å²) in [6.07, 6.45) is 7.43. The van der Waals surface area contributed by atoms with Gasteiger partial charge in [-0.25, -0.2) is 4.98 Å². The van der Waals surface area contributed by atoms with Gasteiger partial charge in [-0.05, 0) is 50.8 Å². The molecule has 0 spiro atoms. The molecule has 2 aromatic heterocycles. The van der Waals surface area contributed by atoms with E-state index in [1.165, 1.54) is 0 Å². The highest BCUT2D eigenvalue weighted by molar-refractivity contribution is 6.29. The Bertz CT molecular complexity index is 812. The number of methoxy groups -OCH3 is 1. The molecule has 2 aromatic rings. The number of halogens is 1. The van der Waals surface area contributed by atoms with E-state index in [1.54, 1.807) is 13.3 Å². The molecule has 4 rings (SSSR count). The first-order valence-corrected chi connectivity index (χ1v) is 10.2. The molecule has 3 heterocycles. The maximum absolute atomic E-state index is 10.2. The van der Waals surface area contributed by atoms with Crippen molar-refractivity contribution in [2.24, 2.45) is 0 Å². The Labute approximate surface area is 170 Å². The predicted molar refractivity (Wildman–Crippen MR) is 112 cm³/mol. The normalized spacial score (nSPS) is 25.4. The Kier molecular flexibility index (Phi) is 5.45. The van der Waals surface area contributed by atoms with Gasteiger partial charge in [0.2, 0.25) is 0 Å². The number of anilines is 2. The molecule has 1 aliphatic heterocycles. The first kappa shape index (κ1) is 19.4. The largest absolute Gasteiger partial charge is 0.390 e. The molecule has 2 N–H and O–H groups in total. The quantitative estimate of drug-likeness (QED) is 0.742. The fraction of sp³-hybridized carbons (Fsp3) is 0.524. The number of hydrogen-bond donors (Lipinski definition) is 2. The van der Waals surface area contributed by atoms with Gasteiger partial charge in [0.05, 0.1) is 29.3 Å². The zero-order chi connectivity index (χ0) is 19.7. The van der Waals surface area contributed by atoms with Crippen LogP contribution in [0, 0.1) is 0 Å². The molecule has 0 atom stereocenters. The van der Waals surface area contributed by atoms with Crippen LogP contribution in [0.4, 0.5) is 11.4 Å². The van der Waals surface area contributed by atoms with Crippen molar-refractivity contribution in [1.82, 2.24) is 9.97 Å². The lowest BCUT2D eigenvalue weighted by Gasteiger charge is -2.39. The van der Waals surface area contributed by atoms with E-state index >= 15 is 0 Å². The van der Waals surface area contributed by atoms with Gasteiger partial charge in [0.25, 0.3) is 0 Å². The van der Waals surface area contributed by atoms with E-state index in [-0.39, 0.29) is 0 Å². The second-order valence-corrected chi connectivity index (χ2v) is 8.52. The molecule has 1 aliphatic carbocycles. The van der Waals surface area contributed by atoms with Crippen LogP contribution in [0.15, 0.2) is 30.6 Å². The van der Waals surface area contributed by atoms with Crippen molar-refractivity contribution in [2.75, 3.05) is 30.4 Å². The second kappa shape index (κ2) is 7.85. The molecule has 6 nitrogen and oxygen atoms in total. The summed E-state index contributed by atoms with van der Waals surface area (Å²) >= 11 is 6.16. The summed E-state index contributed by atoms with van der Waals surface area (Å²) in [5, 5.41) is 14.2. The summed E-state index contributed by atoms with van der Waals surface area (Å²) in [5.74, 6) is 0. The van der Waals surface area contributed by atoms with Crippen molar-refractivity contribution in [3.05, 3.63) is 35.7 Å². The molecule has 2 aliphatic rings. The Balaban J connectivity index is 1.50. The number of rotatable bonds is 5. The topological polar surface area (TPSA) is 70.5 Å². The molecule has 2 fully saturated rings. The first-order chi connectivity index (χ1) is 13.4. The van der Waals surface area contributed by atoms with E-state index in [0.717, 1.165) is 61.4 Å². The fourth-order valence-corrected chi connectivity index (χ4v) is 4.05. The van der Waals surface area contributed by atoms with Gasteiger partial charge >= 0.3 is 0 Å². The van der Waals surface area contributed by atoms with E-state index in [4.69, 9.17) is 16.3 Å². The number of pyridine rings is 2. The molecule has 7 heteroatoms. The summed E-state index contributed by atoms with van der Waals surface area (Å²) in [4.78, 5) is 11.2. The Morgan fingerprint density at radius 2 is 1.96 bits per heavy atom. The number of nitrogens with zero attached hydrogens (tertiary/aromatic N) is 3. The third-order valence-electron chi connectivity index (χ3n) is 5.86. The molecule has 0 unspecified atom stereocenters. The minimum atomic E-state index is -0.549. The molecule has 0 aromatic carbocycles. The average molecular weight is 403 g/mol. The van der Waals surface area contributed by atoms with Crippen LogP contribution < -0.4 is 10.2 Å². The zero-order valence-electron chi connectivity index (χ0n) is 16.4. The van der Waals surface area contributed by atoms with Gasteiger partial charge in [0, 0.05) is 43.7 Å². The monoisotopic (exact) mass is 402 g/mol. The van der Waals surface area contributed by atoms with Gasteiger partial charge in [0.15, 0.2) is 0 Å². The fourth-order valence-electron chi connectivity index (χ4n) is 3.89. The van der Waals surface area contributed by atoms with Gasteiger partial charge in [-0.2, -0.15) is 0 Å². The van der Waals surface area contributed by atoms with Gasteiger partial charge < -0.3 is 20.1 Å². The lowest BCUT2D eigenvalue weighted by Crippen LogP contribution is -2.51. The van der Waals surface area contributed by atoms with Crippen LogP contribution in [0.2, 0.25) is 5.15 Å². The molecule has 150 valence electrons. The molecule has 0 radical (unpaired) electrons. The summed E-state index contributed by atoms with van der Waals surface area (Å²) in [6, 6.07) is 6.28. The molecule has 1 saturated heterocycles. The van der Waals surface area contributed by atoms with Crippen LogP contribution in [-0.4, -0.2) is 53.0 Å². The van der Waals surface area contributed by atoms with Crippen LogP contribution in [-0.2, 0) is 4.74 Å². The predicted octanol–water partition coefficient (Wildman–Crippen LogP) is 3.74.